The molecule has 2 amide bonds. The summed E-state index contributed by atoms with van der Waals surface area (Å²) >= 11 is 1.69. The number of carbonyl (C=O) groups is 2. The van der Waals surface area contributed by atoms with Crippen molar-refractivity contribution < 1.29 is 18.7 Å². The second-order valence-corrected chi connectivity index (χ2v) is 10.4. The van der Waals surface area contributed by atoms with Gasteiger partial charge in [0, 0.05) is 23.5 Å². The van der Waals surface area contributed by atoms with Crippen molar-refractivity contribution in [3.63, 3.8) is 0 Å². The van der Waals surface area contributed by atoms with Gasteiger partial charge in [0.15, 0.2) is 0 Å². The quantitative estimate of drug-likeness (QED) is 0.431. The Hall–Kier alpha value is -3.19. The zero-order valence-corrected chi connectivity index (χ0v) is 20.6. The van der Waals surface area contributed by atoms with Gasteiger partial charge in [-0.05, 0) is 85.0 Å². The molecule has 0 N–H and O–H groups in total. The fourth-order valence-electron chi connectivity index (χ4n) is 4.65. The second kappa shape index (κ2) is 10.2. The number of halogens is 1. The van der Waals surface area contributed by atoms with Gasteiger partial charge in [-0.1, -0.05) is 18.2 Å². The van der Waals surface area contributed by atoms with Crippen LogP contribution in [0.5, 0.6) is 5.75 Å². The van der Waals surface area contributed by atoms with Crippen molar-refractivity contribution in [3.8, 4) is 5.75 Å². The van der Waals surface area contributed by atoms with Crippen LogP contribution >= 0.6 is 11.3 Å². The van der Waals surface area contributed by atoms with Crippen molar-refractivity contribution in [3.05, 3.63) is 87.4 Å². The van der Waals surface area contributed by atoms with Crippen LogP contribution in [0.15, 0.2) is 60.0 Å². The van der Waals surface area contributed by atoms with E-state index < -0.39 is 0 Å². The third-order valence-corrected chi connectivity index (χ3v) is 7.80. The highest BCUT2D eigenvalue weighted by Crippen LogP contribution is 2.35. The number of carbonyl (C=O) groups excluding carboxylic acids is 2. The number of benzene rings is 2. The van der Waals surface area contributed by atoms with Gasteiger partial charge >= 0.3 is 0 Å². The molecule has 3 aromatic rings. The number of fused-ring (bicyclic) bond motifs is 1. The number of aryl methyl sites for hydroxylation is 1. The van der Waals surface area contributed by atoms with E-state index in [1.165, 1.54) is 17.0 Å². The maximum Gasteiger partial charge on any atom is 0.254 e. The van der Waals surface area contributed by atoms with Gasteiger partial charge in [0.05, 0.1) is 6.04 Å². The maximum absolute atomic E-state index is 13.7. The number of rotatable bonds is 8. The highest BCUT2D eigenvalue weighted by atomic mass is 32.1. The Labute approximate surface area is 209 Å². The largest absolute Gasteiger partial charge is 0.491 e. The summed E-state index contributed by atoms with van der Waals surface area (Å²) in [6, 6.07) is 15.3. The first-order valence-electron chi connectivity index (χ1n) is 12.1. The minimum absolute atomic E-state index is 0.0518. The number of amides is 2. The lowest BCUT2D eigenvalue weighted by Gasteiger charge is -2.37. The van der Waals surface area contributed by atoms with Crippen LogP contribution in [0.1, 0.15) is 45.2 Å². The molecule has 1 aromatic heterocycles. The Kier molecular flexibility index (Phi) is 6.86. The van der Waals surface area contributed by atoms with Crippen molar-refractivity contribution in [1.29, 1.82) is 0 Å². The number of thiophene rings is 1. The van der Waals surface area contributed by atoms with E-state index in [9.17, 15) is 14.0 Å². The van der Waals surface area contributed by atoms with Crippen LogP contribution in [-0.4, -0.2) is 47.9 Å². The number of ether oxygens (including phenoxy) is 1. The molecule has 5 nitrogen and oxygen atoms in total. The molecule has 7 heteroatoms. The maximum atomic E-state index is 13.7. The summed E-state index contributed by atoms with van der Waals surface area (Å²) < 4.78 is 19.3. The molecule has 0 saturated heterocycles. The van der Waals surface area contributed by atoms with Crippen molar-refractivity contribution in [2.75, 3.05) is 26.2 Å². The molecule has 182 valence electrons. The average molecular weight is 493 g/mol. The highest BCUT2D eigenvalue weighted by Gasteiger charge is 2.35. The smallest absolute Gasteiger partial charge is 0.254 e. The average Bonchev–Trinajstić information content (AvgIpc) is 3.55. The van der Waals surface area contributed by atoms with Gasteiger partial charge in [-0.2, -0.15) is 0 Å². The topological polar surface area (TPSA) is 49.9 Å². The number of hydrogen-bond donors (Lipinski definition) is 0. The molecule has 1 saturated carbocycles. The van der Waals surface area contributed by atoms with Crippen LogP contribution < -0.4 is 4.74 Å². The molecule has 2 aromatic carbocycles. The molecule has 2 heterocycles. The van der Waals surface area contributed by atoms with Crippen molar-refractivity contribution in [2.45, 2.75) is 32.2 Å². The molecule has 1 aliphatic carbocycles. The molecule has 1 fully saturated rings. The summed E-state index contributed by atoms with van der Waals surface area (Å²) in [6.07, 6.45) is 2.99. The Morgan fingerprint density at radius 1 is 1.11 bits per heavy atom. The molecule has 0 unspecified atom stereocenters. The molecule has 5 rings (SSSR count). The monoisotopic (exact) mass is 492 g/mol. The van der Waals surface area contributed by atoms with Crippen molar-refractivity contribution in [2.24, 2.45) is 5.92 Å². The van der Waals surface area contributed by atoms with E-state index in [1.807, 2.05) is 41.5 Å². The molecule has 0 bridgehead atoms. The van der Waals surface area contributed by atoms with Crippen LogP contribution in [0, 0.1) is 18.7 Å². The van der Waals surface area contributed by atoms with E-state index in [0.29, 0.717) is 30.3 Å². The molecule has 35 heavy (non-hydrogen) atoms. The van der Waals surface area contributed by atoms with E-state index >= 15 is 0 Å². The minimum atomic E-state index is -0.319. The summed E-state index contributed by atoms with van der Waals surface area (Å²) in [5, 5.41) is 2.05. The molecule has 0 spiro atoms. The standard InChI is InChI=1S/C28H29FN2O3S/c1-19-4-2-3-5-23(19)28(33)30(16-20-6-7-20)17-27(32)31-14-12-26-24(13-15-35-26)25(31)18-34-22-10-8-21(29)9-11-22/h2-5,8-11,13,15,20,25H,6-7,12,14,16-18H2,1H3/t25-/m0/s1. The van der Waals surface area contributed by atoms with Crippen LogP contribution in [0.3, 0.4) is 0 Å². The van der Waals surface area contributed by atoms with Crippen LogP contribution in [0.2, 0.25) is 0 Å². The van der Waals surface area contributed by atoms with Crippen LogP contribution in [-0.2, 0) is 11.2 Å². The van der Waals surface area contributed by atoms with Crippen molar-refractivity contribution >= 4 is 23.2 Å². The lowest BCUT2D eigenvalue weighted by atomic mass is 10.00. The van der Waals surface area contributed by atoms with Gasteiger partial charge in [-0.3, -0.25) is 9.59 Å². The Morgan fingerprint density at radius 2 is 1.89 bits per heavy atom. The predicted octanol–water partition coefficient (Wildman–Crippen LogP) is 5.25. The minimum Gasteiger partial charge on any atom is -0.491 e. The van der Waals surface area contributed by atoms with E-state index in [-0.39, 0.29) is 36.8 Å². The van der Waals surface area contributed by atoms with Gasteiger partial charge < -0.3 is 14.5 Å². The fraction of sp³-hybridized carbons (Fsp3) is 0.357. The molecule has 2 aliphatic rings. The predicted molar refractivity (Wildman–Crippen MR) is 134 cm³/mol. The summed E-state index contributed by atoms with van der Waals surface area (Å²) in [5.74, 6) is 0.554. The zero-order valence-electron chi connectivity index (χ0n) is 19.8. The van der Waals surface area contributed by atoms with E-state index in [0.717, 1.165) is 30.4 Å². The molecule has 1 atom stereocenters. The van der Waals surface area contributed by atoms with E-state index in [1.54, 1.807) is 28.4 Å². The first kappa shape index (κ1) is 23.5. The third kappa shape index (κ3) is 5.40. The molecular formula is C28H29FN2O3S. The molecule has 1 aliphatic heterocycles. The summed E-state index contributed by atoms with van der Waals surface area (Å²) in [6.45, 7) is 3.44. The third-order valence-electron chi connectivity index (χ3n) is 6.80. The van der Waals surface area contributed by atoms with Gasteiger partial charge in [0.2, 0.25) is 5.91 Å². The SMILES string of the molecule is Cc1ccccc1C(=O)N(CC(=O)N1CCc2sccc2[C@@H]1COc1ccc(F)cc1)CC1CC1. The normalized spacial score (nSPS) is 17.1. The zero-order chi connectivity index (χ0) is 24.4. The second-order valence-electron chi connectivity index (χ2n) is 9.36. The van der Waals surface area contributed by atoms with Gasteiger partial charge in [-0.25, -0.2) is 4.39 Å². The van der Waals surface area contributed by atoms with E-state index in [4.69, 9.17) is 4.74 Å². The lowest BCUT2D eigenvalue weighted by molar-refractivity contribution is -0.135. The number of hydrogen-bond acceptors (Lipinski definition) is 4. The Bertz CT molecular complexity index is 1200. The summed E-state index contributed by atoms with van der Waals surface area (Å²) in [7, 11) is 0. The molecular weight excluding hydrogens is 463 g/mol. The summed E-state index contributed by atoms with van der Waals surface area (Å²) in [5.41, 5.74) is 2.66. The Balaban J connectivity index is 1.34. The highest BCUT2D eigenvalue weighted by molar-refractivity contribution is 7.10. The lowest BCUT2D eigenvalue weighted by Crippen LogP contribution is -2.48. The molecule has 0 radical (unpaired) electrons. The van der Waals surface area contributed by atoms with Crippen LogP contribution in [0.25, 0.3) is 0 Å². The number of nitrogens with zero attached hydrogens (tertiary/aromatic N) is 2. The first-order chi connectivity index (χ1) is 17.0. The summed E-state index contributed by atoms with van der Waals surface area (Å²) in [4.78, 5) is 31.9. The van der Waals surface area contributed by atoms with E-state index in [2.05, 4.69) is 6.07 Å². The van der Waals surface area contributed by atoms with Gasteiger partial charge in [0.1, 0.15) is 24.7 Å². The van der Waals surface area contributed by atoms with Gasteiger partial charge in [-0.15, -0.1) is 11.3 Å². The van der Waals surface area contributed by atoms with Crippen LogP contribution in [0.4, 0.5) is 4.39 Å². The van der Waals surface area contributed by atoms with Crippen molar-refractivity contribution in [1.82, 2.24) is 9.80 Å². The fourth-order valence-corrected chi connectivity index (χ4v) is 5.58. The van der Waals surface area contributed by atoms with Gasteiger partial charge in [0.25, 0.3) is 5.91 Å². The Morgan fingerprint density at radius 3 is 2.63 bits per heavy atom. The first-order valence-corrected chi connectivity index (χ1v) is 13.0.